The molecule has 116 valence electrons. The molecule has 0 spiro atoms. The molecule has 2 rings (SSSR count). The Morgan fingerprint density at radius 1 is 1.18 bits per heavy atom. The molecule has 2 aromatic carbocycles. The van der Waals surface area contributed by atoms with Gasteiger partial charge in [-0.25, -0.2) is 4.39 Å². The van der Waals surface area contributed by atoms with Gasteiger partial charge >= 0.3 is 0 Å². The van der Waals surface area contributed by atoms with Gasteiger partial charge in [0.25, 0.3) is 5.91 Å². The average Bonchev–Trinajstić information content (AvgIpc) is 2.54. The second kappa shape index (κ2) is 7.59. The smallest absolute Gasteiger partial charge is 0.255 e. The Morgan fingerprint density at radius 2 is 1.91 bits per heavy atom. The number of hydrogen-bond acceptors (Lipinski definition) is 2. The van der Waals surface area contributed by atoms with Crippen molar-refractivity contribution in [3.05, 3.63) is 59.4 Å². The number of ether oxygens (including phenoxy) is 1. The van der Waals surface area contributed by atoms with E-state index < -0.39 is 5.82 Å². The van der Waals surface area contributed by atoms with Crippen LogP contribution in [0.25, 0.3) is 0 Å². The van der Waals surface area contributed by atoms with Gasteiger partial charge in [-0.3, -0.25) is 4.79 Å². The Kier molecular flexibility index (Phi) is 5.53. The number of anilines is 1. The Labute approximate surface area is 130 Å². The van der Waals surface area contributed by atoms with Crippen molar-refractivity contribution in [1.82, 2.24) is 0 Å². The van der Waals surface area contributed by atoms with E-state index in [1.165, 1.54) is 30.9 Å². The number of nitrogens with one attached hydrogen (secondary N) is 1. The number of unbranched alkanes of at least 4 members (excludes halogenated alkanes) is 1. The van der Waals surface area contributed by atoms with Crippen LogP contribution in [0.1, 0.15) is 35.7 Å². The number of amides is 1. The lowest BCUT2D eigenvalue weighted by Crippen LogP contribution is -2.12. The van der Waals surface area contributed by atoms with Crippen LogP contribution in [0.4, 0.5) is 10.1 Å². The minimum absolute atomic E-state index is 0.122. The van der Waals surface area contributed by atoms with E-state index in [2.05, 4.69) is 12.2 Å². The summed E-state index contributed by atoms with van der Waals surface area (Å²) < 4.78 is 18.5. The van der Waals surface area contributed by atoms with E-state index >= 15 is 0 Å². The zero-order chi connectivity index (χ0) is 15.9. The van der Waals surface area contributed by atoms with E-state index in [0.717, 1.165) is 19.3 Å². The highest BCUT2D eigenvalue weighted by Gasteiger charge is 2.10. The standard InChI is InChI=1S/C18H20FNO2/c1-3-4-5-13-6-9-15(10-7-13)20-18(21)14-8-11-17(22-2)16(19)12-14/h6-12H,3-5H2,1-2H3,(H,20,21). The third-order valence-electron chi connectivity index (χ3n) is 3.44. The minimum atomic E-state index is -0.551. The number of hydrogen-bond donors (Lipinski definition) is 1. The molecule has 0 saturated heterocycles. The first-order chi connectivity index (χ1) is 10.6. The summed E-state index contributed by atoms with van der Waals surface area (Å²) in [5.41, 5.74) is 2.20. The molecule has 0 fully saturated rings. The maximum Gasteiger partial charge on any atom is 0.255 e. The molecule has 4 heteroatoms. The summed E-state index contributed by atoms with van der Waals surface area (Å²) in [5, 5.41) is 2.76. The summed E-state index contributed by atoms with van der Waals surface area (Å²) in [6.45, 7) is 2.16. The first-order valence-corrected chi connectivity index (χ1v) is 7.38. The molecule has 0 aliphatic heterocycles. The minimum Gasteiger partial charge on any atom is -0.494 e. The van der Waals surface area contributed by atoms with Crippen LogP contribution in [0.3, 0.4) is 0 Å². The van der Waals surface area contributed by atoms with E-state index in [0.29, 0.717) is 5.69 Å². The summed E-state index contributed by atoms with van der Waals surface area (Å²) >= 11 is 0. The molecule has 0 bridgehead atoms. The maximum atomic E-state index is 13.6. The summed E-state index contributed by atoms with van der Waals surface area (Å²) in [6.07, 6.45) is 3.34. The molecule has 0 saturated carbocycles. The zero-order valence-corrected chi connectivity index (χ0v) is 12.9. The topological polar surface area (TPSA) is 38.3 Å². The van der Waals surface area contributed by atoms with Crippen LogP contribution < -0.4 is 10.1 Å². The lowest BCUT2D eigenvalue weighted by molar-refractivity contribution is 0.102. The number of carbonyl (C=O) groups excluding carboxylic acids is 1. The number of methoxy groups -OCH3 is 1. The van der Waals surface area contributed by atoms with Crippen LogP contribution in [0.5, 0.6) is 5.75 Å². The van der Waals surface area contributed by atoms with Crippen molar-refractivity contribution >= 4 is 11.6 Å². The predicted octanol–water partition coefficient (Wildman–Crippen LogP) is 4.43. The Hall–Kier alpha value is -2.36. The average molecular weight is 301 g/mol. The van der Waals surface area contributed by atoms with Gasteiger partial charge in [-0.15, -0.1) is 0 Å². The summed E-state index contributed by atoms with van der Waals surface area (Å²) in [4.78, 5) is 12.1. The highest BCUT2D eigenvalue weighted by atomic mass is 19.1. The van der Waals surface area contributed by atoms with Gasteiger partial charge in [-0.1, -0.05) is 25.5 Å². The van der Waals surface area contributed by atoms with Gasteiger partial charge in [0, 0.05) is 11.3 Å². The normalized spacial score (nSPS) is 10.3. The highest BCUT2D eigenvalue weighted by molar-refractivity contribution is 6.04. The molecule has 0 aliphatic rings. The first kappa shape index (κ1) is 16.0. The van der Waals surface area contributed by atoms with Crippen molar-refractivity contribution in [3.63, 3.8) is 0 Å². The van der Waals surface area contributed by atoms with Gasteiger partial charge in [0.2, 0.25) is 0 Å². The predicted molar refractivity (Wildman–Crippen MR) is 86.0 cm³/mol. The van der Waals surface area contributed by atoms with Gasteiger partial charge in [0.05, 0.1) is 7.11 Å². The van der Waals surface area contributed by atoms with E-state index in [1.807, 2.05) is 24.3 Å². The Balaban J connectivity index is 2.03. The third kappa shape index (κ3) is 4.07. The van der Waals surface area contributed by atoms with Crippen LogP contribution in [0, 0.1) is 5.82 Å². The van der Waals surface area contributed by atoms with Crippen molar-refractivity contribution in [2.45, 2.75) is 26.2 Å². The summed E-state index contributed by atoms with van der Waals surface area (Å²) in [5.74, 6) is -0.773. The molecule has 1 N–H and O–H groups in total. The monoisotopic (exact) mass is 301 g/mol. The van der Waals surface area contributed by atoms with E-state index in [1.54, 1.807) is 0 Å². The van der Waals surface area contributed by atoms with Crippen molar-refractivity contribution in [1.29, 1.82) is 0 Å². The number of carbonyl (C=O) groups is 1. The molecule has 1 amide bonds. The molecule has 0 atom stereocenters. The second-order valence-corrected chi connectivity index (χ2v) is 5.10. The molecule has 22 heavy (non-hydrogen) atoms. The molecule has 2 aromatic rings. The van der Waals surface area contributed by atoms with E-state index in [-0.39, 0.29) is 17.2 Å². The fourth-order valence-electron chi connectivity index (χ4n) is 2.15. The second-order valence-electron chi connectivity index (χ2n) is 5.10. The SMILES string of the molecule is CCCCc1ccc(NC(=O)c2ccc(OC)c(F)c2)cc1. The number of halogens is 1. The number of rotatable bonds is 6. The Bertz CT molecular complexity index is 638. The zero-order valence-electron chi connectivity index (χ0n) is 12.9. The molecule has 0 aliphatic carbocycles. The van der Waals surface area contributed by atoms with E-state index in [4.69, 9.17) is 4.74 Å². The van der Waals surface area contributed by atoms with Crippen LogP contribution in [-0.2, 0) is 6.42 Å². The van der Waals surface area contributed by atoms with Crippen molar-refractivity contribution in [3.8, 4) is 5.75 Å². The fraction of sp³-hybridized carbons (Fsp3) is 0.278. The van der Waals surface area contributed by atoms with Crippen LogP contribution in [0.15, 0.2) is 42.5 Å². The molecule has 0 radical (unpaired) electrons. The van der Waals surface area contributed by atoms with Crippen LogP contribution >= 0.6 is 0 Å². The molecule has 0 aromatic heterocycles. The number of aryl methyl sites for hydroxylation is 1. The largest absolute Gasteiger partial charge is 0.494 e. The van der Waals surface area contributed by atoms with Gasteiger partial charge < -0.3 is 10.1 Å². The van der Waals surface area contributed by atoms with Crippen molar-refractivity contribution in [2.24, 2.45) is 0 Å². The molecule has 3 nitrogen and oxygen atoms in total. The van der Waals surface area contributed by atoms with Crippen molar-refractivity contribution < 1.29 is 13.9 Å². The maximum absolute atomic E-state index is 13.6. The van der Waals surface area contributed by atoms with Gasteiger partial charge in [0.1, 0.15) is 0 Å². The quantitative estimate of drug-likeness (QED) is 0.857. The lowest BCUT2D eigenvalue weighted by Gasteiger charge is -2.08. The van der Waals surface area contributed by atoms with Crippen LogP contribution in [-0.4, -0.2) is 13.0 Å². The third-order valence-corrected chi connectivity index (χ3v) is 3.44. The van der Waals surface area contributed by atoms with Gasteiger partial charge in [-0.05, 0) is 48.7 Å². The molecular weight excluding hydrogens is 281 g/mol. The molecule has 0 unspecified atom stereocenters. The molecular formula is C18H20FNO2. The van der Waals surface area contributed by atoms with Gasteiger partial charge in [-0.2, -0.15) is 0 Å². The first-order valence-electron chi connectivity index (χ1n) is 7.38. The van der Waals surface area contributed by atoms with Crippen molar-refractivity contribution in [2.75, 3.05) is 12.4 Å². The van der Waals surface area contributed by atoms with Gasteiger partial charge in [0.15, 0.2) is 11.6 Å². The Morgan fingerprint density at radius 3 is 2.50 bits per heavy atom. The fourth-order valence-corrected chi connectivity index (χ4v) is 2.15. The number of benzene rings is 2. The lowest BCUT2D eigenvalue weighted by atomic mass is 10.1. The summed E-state index contributed by atoms with van der Waals surface area (Å²) in [6, 6.07) is 11.9. The van der Waals surface area contributed by atoms with Crippen LogP contribution in [0.2, 0.25) is 0 Å². The summed E-state index contributed by atoms with van der Waals surface area (Å²) in [7, 11) is 1.39. The van der Waals surface area contributed by atoms with E-state index in [9.17, 15) is 9.18 Å². The molecule has 0 heterocycles. The highest BCUT2D eigenvalue weighted by Crippen LogP contribution is 2.19.